The Labute approximate surface area is 118 Å². The average Bonchev–Trinajstić information content (AvgIpc) is 2.46. The van der Waals surface area contributed by atoms with Gasteiger partial charge in [-0.25, -0.2) is 4.39 Å². The first-order chi connectivity index (χ1) is 9.95. The number of carbonyl (C=O) groups is 1. The molecule has 1 unspecified atom stereocenters. The van der Waals surface area contributed by atoms with Crippen LogP contribution in [0.4, 0.5) is 14.5 Å². The van der Waals surface area contributed by atoms with E-state index in [0.717, 1.165) is 0 Å². The smallest absolute Gasteiger partial charge is 0.305 e. The Balaban J connectivity index is 2.34. The fourth-order valence-corrected chi connectivity index (χ4v) is 2.08. The maximum Gasteiger partial charge on any atom is 0.305 e. The van der Waals surface area contributed by atoms with Crippen molar-refractivity contribution in [3.63, 3.8) is 0 Å². The molecule has 0 bridgehead atoms. The van der Waals surface area contributed by atoms with Crippen LogP contribution in [0.15, 0.2) is 12.1 Å². The molecule has 114 valence electrons. The number of halogens is 2. The summed E-state index contributed by atoms with van der Waals surface area (Å²) in [6.07, 6.45) is -0.424. The quantitative estimate of drug-likeness (QED) is 0.653. The first kappa shape index (κ1) is 15.3. The maximum atomic E-state index is 14.0. The minimum absolute atomic E-state index is 0.0803. The largest absolute Gasteiger partial charge is 0.373 e. The summed E-state index contributed by atoms with van der Waals surface area (Å²) >= 11 is 0. The maximum absolute atomic E-state index is 14.0. The van der Waals surface area contributed by atoms with Crippen LogP contribution in [0.3, 0.4) is 0 Å². The van der Waals surface area contributed by atoms with Crippen molar-refractivity contribution in [3.05, 3.63) is 39.4 Å². The lowest BCUT2D eigenvalue weighted by Crippen LogP contribution is -2.48. The van der Waals surface area contributed by atoms with Gasteiger partial charge in [0.2, 0.25) is 5.82 Å². The third-order valence-corrected chi connectivity index (χ3v) is 3.17. The predicted octanol–water partition coefficient (Wildman–Crippen LogP) is 0.673. The molecule has 1 aromatic rings. The summed E-state index contributed by atoms with van der Waals surface area (Å²) in [4.78, 5) is 23.0. The molecule has 2 rings (SSSR count). The van der Waals surface area contributed by atoms with Gasteiger partial charge < -0.3 is 15.4 Å². The summed E-state index contributed by atoms with van der Waals surface area (Å²) in [5, 5.41) is 10.7. The van der Waals surface area contributed by atoms with Crippen LogP contribution in [0.5, 0.6) is 0 Å². The number of morpholine rings is 1. The molecule has 1 aliphatic rings. The van der Waals surface area contributed by atoms with E-state index >= 15 is 0 Å². The van der Waals surface area contributed by atoms with E-state index in [2.05, 4.69) is 0 Å². The van der Waals surface area contributed by atoms with Gasteiger partial charge in [-0.3, -0.25) is 14.9 Å². The standard InChI is InChI=1S/C12H13F2N3O4/c13-8-1-2-9(17(19)20)11(14)10(8)12(18)16-3-4-21-7(5-15)6-16/h1-2,7H,3-6,15H2. The molecular formula is C12H13F2N3O4. The minimum atomic E-state index is -1.47. The van der Waals surface area contributed by atoms with E-state index in [4.69, 9.17) is 10.5 Å². The zero-order valence-electron chi connectivity index (χ0n) is 10.9. The van der Waals surface area contributed by atoms with Crippen molar-refractivity contribution in [2.75, 3.05) is 26.2 Å². The lowest BCUT2D eigenvalue weighted by Gasteiger charge is -2.32. The van der Waals surface area contributed by atoms with Crippen molar-refractivity contribution in [2.24, 2.45) is 5.73 Å². The van der Waals surface area contributed by atoms with Crippen molar-refractivity contribution < 1.29 is 23.2 Å². The molecule has 1 atom stereocenters. The van der Waals surface area contributed by atoms with Gasteiger partial charge in [0.1, 0.15) is 11.4 Å². The molecule has 0 spiro atoms. The number of hydrogen-bond donors (Lipinski definition) is 1. The van der Waals surface area contributed by atoms with E-state index in [1.807, 2.05) is 0 Å². The van der Waals surface area contributed by atoms with Crippen molar-refractivity contribution in [2.45, 2.75) is 6.10 Å². The number of nitrogens with zero attached hydrogens (tertiary/aromatic N) is 2. The summed E-state index contributed by atoms with van der Waals surface area (Å²) in [5.41, 5.74) is 3.56. The molecule has 0 aliphatic carbocycles. The van der Waals surface area contributed by atoms with Crippen LogP contribution in [0.2, 0.25) is 0 Å². The Kier molecular flexibility index (Phi) is 4.43. The molecule has 1 heterocycles. The Morgan fingerprint density at radius 3 is 2.86 bits per heavy atom. The minimum Gasteiger partial charge on any atom is -0.373 e. The highest BCUT2D eigenvalue weighted by Gasteiger charge is 2.31. The normalized spacial score (nSPS) is 18.6. The molecule has 1 aliphatic heterocycles. The second-order valence-electron chi connectivity index (χ2n) is 4.49. The number of hydrogen-bond acceptors (Lipinski definition) is 5. The van der Waals surface area contributed by atoms with Crippen molar-refractivity contribution in [1.82, 2.24) is 4.90 Å². The number of nitro benzene ring substituents is 1. The average molecular weight is 301 g/mol. The zero-order chi connectivity index (χ0) is 15.6. The van der Waals surface area contributed by atoms with Gasteiger partial charge >= 0.3 is 5.69 Å². The van der Waals surface area contributed by atoms with E-state index in [1.165, 1.54) is 4.90 Å². The number of rotatable bonds is 3. The fourth-order valence-electron chi connectivity index (χ4n) is 2.08. The van der Waals surface area contributed by atoms with E-state index in [9.17, 15) is 23.7 Å². The molecule has 1 aromatic carbocycles. The topological polar surface area (TPSA) is 98.7 Å². The van der Waals surface area contributed by atoms with Crippen LogP contribution in [0.1, 0.15) is 10.4 Å². The summed E-state index contributed by atoms with van der Waals surface area (Å²) in [6.45, 7) is 0.559. The number of carbonyl (C=O) groups excluding carboxylic acids is 1. The molecule has 1 amide bonds. The summed E-state index contributed by atoms with van der Waals surface area (Å²) < 4.78 is 32.9. The van der Waals surface area contributed by atoms with Gasteiger partial charge in [0, 0.05) is 25.7 Å². The van der Waals surface area contributed by atoms with Crippen LogP contribution < -0.4 is 5.73 Å². The molecule has 0 aromatic heterocycles. The zero-order valence-corrected chi connectivity index (χ0v) is 10.9. The van der Waals surface area contributed by atoms with Gasteiger partial charge in [-0.15, -0.1) is 0 Å². The highest BCUT2D eigenvalue weighted by Crippen LogP contribution is 2.24. The molecule has 2 N–H and O–H groups in total. The third-order valence-electron chi connectivity index (χ3n) is 3.17. The second kappa shape index (κ2) is 6.10. The molecule has 0 radical (unpaired) electrons. The van der Waals surface area contributed by atoms with E-state index in [0.29, 0.717) is 12.1 Å². The van der Waals surface area contributed by atoms with Crippen molar-refractivity contribution in [1.29, 1.82) is 0 Å². The Bertz CT molecular complexity index is 582. The molecular weight excluding hydrogens is 288 g/mol. The molecule has 1 saturated heterocycles. The highest BCUT2D eigenvalue weighted by molar-refractivity contribution is 5.95. The summed E-state index contributed by atoms with van der Waals surface area (Å²) in [5.74, 6) is -3.56. The first-order valence-electron chi connectivity index (χ1n) is 6.19. The van der Waals surface area contributed by atoms with E-state index in [1.54, 1.807) is 0 Å². The lowest BCUT2D eigenvalue weighted by molar-refractivity contribution is -0.387. The van der Waals surface area contributed by atoms with Crippen molar-refractivity contribution in [3.8, 4) is 0 Å². The van der Waals surface area contributed by atoms with Crippen LogP contribution in [-0.4, -0.2) is 48.1 Å². The monoisotopic (exact) mass is 301 g/mol. The van der Waals surface area contributed by atoms with E-state index in [-0.39, 0.29) is 26.2 Å². The van der Waals surface area contributed by atoms with Gasteiger partial charge in [0.15, 0.2) is 0 Å². The van der Waals surface area contributed by atoms with Crippen LogP contribution in [-0.2, 0) is 4.74 Å². The molecule has 1 fully saturated rings. The third kappa shape index (κ3) is 2.98. The summed E-state index contributed by atoms with van der Waals surface area (Å²) in [6, 6.07) is 1.39. The summed E-state index contributed by atoms with van der Waals surface area (Å²) in [7, 11) is 0. The molecule has 21 heavy (non-hydrogen) atoms. The SMILES string of the molecule is NCC1CN(C(=O)c2c(F)ccc([N+](=O)[O-])c2F)CCO1. The number of nitro groups is 1. The number of amides is 1. The van der Waals surface area contributed by atoms with Gasteiger partial charge in [0.25, 0.3) is 5.91 Å². The fraction of sp³-hybridized carbons (Fsp3) is 0.417. The van der Waals surface area contributed by atoms with Crippen LogP contribution >= 0.6 is 0 Å². The number of nitrogens with two attached hydrogens (primary N) is 1. The van der Waals surface area contributed by atoms with Crippen LogP contribution in [0, 0.1) is 21.7 Å². The Morgan fingerprint density at radius 2 is 2.24 bits per heavy atom. The van der Waals surface area contributed by atoms with E-state index < -0.39 is 39.8 Å². The molecule has 9 heteroatoms. The predicted molar refractivity (Wildman–Crippen MR) is 67.7 cm³/mol. The van der Waals surface area contributed by atoms with Crippen molar-refractivity contribution >= 4 is 11.6 Å². The van der Waals surface area contributed by atoms with Crippen LogP contribution in [0.25, 0.3) is 0 Å². The first-order valence-corrected chi connectivity index (χ1v) is 6.19. The van der Waals surface area contributed by atoms with Gasteiger partial charge in [-0.05, 0) is 6.07 Å². The van der Waals surface area contributed by atoms with Gasteiger partial charge in [-0.2, -0.15) is 4.39 Å². The Morgan fingerprint density at radius 1 is 1.52 bits per heavy atom. The lowest BCUT2D eigenvalue weighted by atomic mass is 10.1. The Hall–Kier alpha value is -2.13. The number of benzene rings is 1. The highest BCUT2D eigenvalue weighted by atomic mass is 19.1. The molecule has 0 saturated carbocycles. The number of ether oxygens (including phenoxy) is 1. The van der Waals surface area contributed by atoms with Gasteiger partial charge in [0.05, 0.1) is 17.6 Å². The molecule has 7 nitrogen and oxygen atoms in total. The van der Waals surface area contributed by atoms with Gasteiger partial charge in [-0.1, -0.05) is 0 Å². The second-order valence-corrected chi connectivity index (χ2v) is 4.49.